The van der Waals surface area contributed by atoms with Crippen LogP contribution < -0.4 is 23.7 Å². The molecule has 1 N–H and O–H groups in total. The van der Waals surface area contributed by atoms with Crippen molar-refractivity contribution in [2.45, 2.75) is 31.2 Å². The fourth-order valence-electron chi connectivity index (χ4n) is 4.35. The zero-order valence-electron chi connectivity index (χ0n) is 17.0. The van der Waals surface area contributed by atoms with Crippen molar-refractivity contribution >= 4 is 5.78 Å². The minimum absolute atomic E-state index is 0.0125. The summed E-state index contributed by atoms with van der Waals surface area (Å²) in [5, 5.41) is 11.6. The largest absolute Gasteiger partial charge is 0.493 e. The Labute approximate surface area is 173 Å². The zero-order chi connectivity index (χ0) is 21.2. The second-order valence-corrected chi connectivity index (χ2v) is 7.79. The average Bonchev–Trinajstić information content (AvgIpc) is 3.19. The smallest absolute Gasteiger partial charge is 0.206 e. The van der Waals surface area contributed by atoms with E-state index in [1.54, 1.807) is 24.3 Å². The Kier molecular flexibility index (Phi) is 4.02. The van der Waals surface area contributed by atoms with Crippen molar-refractivity contribution in [3.63, 3.8) is 0 Å². The summed E-state index contributed by atoms with van der Waals surface area (Å²) in [4.78, 5) is 13.6. The molecule has 0 spiro atoms. The third-order valence-electron chi connectivity index (χ3n) is 6.03. The van der Waals surface area contributed by atoms with E-state index in [0.29, 0.717) is 46.3 Å². The van der Waals surface area contributed by atoms with Gasteiger partial charge < -0.3 is 28.8 Å². The molecule has 30 heavy (non-hydrogen) atoms. The summed E-state index contributed by atoms with van der Waals surface area (Å²) in [5.41, 5.74) is 0.426. The van der Waals surface area contributed by atoms with Crippen LogP contribution in [-0.2, 0) is 12.0 Å². The molecule has 2 aromatic rings. The summed E-state index contributed by atoms with van der Waals surface area (Å²) in [5.74, 6) is 1.88. The van der Waals surface area contributed by atoms with Gasteiger partial charge in [-0.05, 0) is 30.7 Å². The topological polar surface area (TPSA) is 83.5 Å². The van der Waals surface area contributed by atoms with Crippen LogP contribution in [-0.4, -0.2) is 43.9 Å². The molecule has 5 rings (SSSR count). The predicted octanol–water partition coefficient (Wildman–Crippen LogP) is 2.81. The van der Waals surface area contributed by atoms with Gasteiger partial charge in [-0.2, -0.15) is 0 Å². The van der Waals surface area contributed by atoms with Crippen LogP contribution in [0.5, 0.6) is 28.7 Å². The summed E-state index contributed by atoms with van der Waals surface area (Å²) in [6.07, 6.45) is -0.501. The average molecular weight is 410 g/mol. The van der Waals surface area contributed by atoms with Gasteiger partial charge in [-0.1, -0.05) is 6.58 Å². The van der Waals surface area contributed by atoms with Crippen LogP contribution in [0.25, 0.3) is 0 Å². The van der Waals surface area contributed by atoms with E-state index < -0.39 is 17.5 Å². The molecule has 3 atom stereocenters. The van der Waals surface area contributed by atoms with Gasteiger partial charge >= 0.3 is 0 Å². The quantitative estimate of drug-likeness (QED) is 0.779. The molecule has 0 amide bonds. The van der Waals surface area contributed by atoms with Crippen LogP contribution in [0.3, 0.4) is 0 Å². The molecule has 3 heterocycles. The molecule has 3 aliphatic rings. The van der Waals surface area contributed by atoms with Gasteiger partial charge in [0, 0.05) is 23.6 Å². The monoisotopic (exact) mass is 410 g/mol. The lowest BCUT2D eigenvalue weighted by atomic mass is 9.77. The van der Waals surface area contributed by atoms with Crippen LogP contribution in [0.2, 0.25) is 0 Å². The van der Waals surface area contributed by atoms with E-state index in [1.807, 2.05) is 6.92 Å². The van der Waals surface area contributed by atoms with E-state index in [9.17, 15) is 9.90 Å². The minimum Gasteiger partial charge on any atom is -0.493 e. The lowest BCUT2D eigenvalue weighted by Gasteiger charge is -2.43. The van der Waals surface area contributed by atoms with Crippen LogP contribution in [0.4, 0.5) is 0 Å². The minimum atomic E-state index is -1.90. The Morgan fingerprint density at radius 2 is 1.90 bits per heavy atom. The highest BCUT2D eigenvalue weighted by Crippen LogP contribution is 2.51. The molecule has 156 valence electrons. The second kappa shape index (κ2) is 6.40. The fourth-order valence-corrected chi connectivity index (χ4v) is 4.35. The number of fused-ring (bicyclic) bond motifs is 6. The Morgan fingerprint density at radius 1 is 1.17 bits per heavy atom. The van der Waals surface area contributed by atoms with Crippen LogP contribution in [0, 0.1) is 0 Å². The highest BCUT2D eigenvalue weighted by atomic mass is 16.6. The fraction of sp³-hybridized carbons (Fsp3) is 0.348. The first-order valence-corrected chi connectivity index (χ1v) is 9.69. The Bertz CT molecular complexity index is 1090. The van der Waals surface area contributed by atoms with Crippen molar-refractivity contribution in [2.75, 3.05) is 20.8 Å². The zero-order valence-corrected chi connectivity index (χ0v) is 17.0. The van der Waals surface area contributed by atoms with E-state index in [1.165, 1.54) is 14.2 Å². The van der Waals surface area contributed by atoms with Gasteiger partial charge in [-0.15, -0.1) is 0 Å². The maximum atomic E-state index is 13.6. The maximum Gasteiger partial charge on any atom is 0.206 e. The molecule has 0 radical (unpaired) electrons. The number of ketones is 1. The van der Waals surface area contributed by atoms with Crippen molar-refractivity contribution in [3.05, 3.63) is 53.1 Å². The van der Waals surface area contributed by atoms with Crippen molar-refractivity contribution in [3.8, 4) is 28.7 Å². The molecule has 7 heteroatoms. The third kappa shape index (κ3) is 2.38. The predicted molar refractivity (Wildman–Crippen MR) is 107 cm³/mol. The molecular weight excluding hydrogens is 388 g/mol. The van der Waals surface area contributed by atoms with E-state index >= 15 is 0 Å². The summed E-state index contributed by atoms with van der Waals surface area (Å²) in [6, 6.07) is 6.57. The number of hydrogen-bond donors (Lipinski definition) is 1. The summed E-state index contributed by atoms with van der Waals surface area (Å²) in [7, 11) is 3.00. The van der Waals surface area contributed by atoms with Crippen molar-refractivity contribution in [1.29, 1.82) is 0 Å². The molecule has 0 saturated heterocycles. The number of ether oxygens (including phenoxy) is 5. The first-order valence-electron chi connectivity index (χ1n) is 9.69. The number of methoxy groups -OCH3 is 2. The molecule has 2 aromatic carbocycles. The molecule has 3 unspecified atom stereocenters. The van der Waals surface area contributed by atoms with Crippen LogP contribution >= 0.6 is 0 Å². The number of carbonyl (C=O) groups excluding carboxylic acids is 1. The lowest BCUT2D eigenvalue weighted by Crippen LogP contribution is -2.57. The number of Topliss-reactive ketones (excluding diaryl/α,β-unsaturated/α-hetero) is 1. The van der Waals surface area contributed by atoms with Crippen molar-refractivity contribution in [1.82, 2.24) is 0 Å². The van der Waals surface area contributed by atoms with E-state index in [-0.39, 0.29) is 12.7 Å². The van der Waals surface area contributed by atoms with Crippen molar-refractivity contribution < 1.29 is 33.6 Å². The van der Waals surface area contributed by atoms with Gasteiger partial charge in [-0.25, -0.2) is 0 Å². The van der Waals surface area contributed by atoms with E-state index in [0.717, 1.165) is 11.1 Å². The van der Waals surface area contributed by atoms with Gasteiger partial charge in [0.1, 0.15) is 30.0 Å². The molecule has 7 nitrogen and oxygen atoms in total. The highest BCUT2D eigenvalue weighted by molar-refractivity contribution is 6.07. The second-order valence-electron chi connectivity index (χ2n) is 7.79. The van der Waals surface area contributed by atoms with Crippen LogP contribution in [0.15, 0.2) is 36.4 Å². The molecule has 0 aromatic heterocycles. The Hall–Kier alpha value is -3.19. The Balaban J connectivity index is 1.63. The van der Waals surface area contributed by atoms with Gasteiger partial charge in [-0.3, -0.25) is 4.79 Å². The number of aliphatic hydroxyl groups is 1. The van der Waals surface area contributed by atoms with Crippen LogP contribution in [0.1, 0.15) is 28.4 Å². The van der Waals surface area contributed by atoms with E-state index in [4.69, 9.17) is 23.7 Å². The van der Waals surface area contributed by atoms with Crippen molar-refractivity contribution in [2.24, 2.45) is 0 Å². The lowest BCUT2D eigenvalue weighted by molar-refractivity contribution is -0.0802. The summed E-state index contributed by atoms with van der Waals surface area (Å²) >= 11 is 0. The SMILES string of the molecule is C=C(C)C1Cc2c(ccc3c2OC2COc4cc(OC)c(OC)cc4C2(O)C3=O)O1. The standard InChI is InChI=1S/C23H22O7/c1-11(2)16-7-13-15(29-16)6-5-12-21(13)30-20-10-28-17-9-19(27-4)18(26-3)8-14(17)23(20,25)22(12)24/h5-6,8-9,16,20,25H,1,7,10H2,2-4H3. The van der Waals surface area contributed by atoms with Gasteiger partial charge in [0.2, 0.25) is 5.78 Å². The third-order valence-corrected chi connectivity index (χ3v) is 6.03. The number of benzene rings is 2. The summed E-state index contributed by atoms with van der Waals surface area (Å²) in [6.45, 7) is 5.88. The molecule has 0 aliphatic carbocycles. The maximum absolute atomic E-state index is 13.6. The first-order chi connectivity index (χ1) is 14.4. The summed E-state index contributed by atoms with van der Waals surface area (Å²) < 4.78 is 28.6. The molecule has 0 saturated carbocycles. The van der Waals surface area contributed by atoms with Gasteiger partial charge in [0.15, 0.2) is 23.2 Å². The molecule has 0 fully saturated rings. The van der Waals surface area contributed by atoms with Gasteiger partial charge in [0.25, 0.3) is 0 Å². The first kappa shape index (κ1) is 18.8. The van der Waals surface area contributed by atoms with E-state index in [2.05, 4.69) is 6.58 Å². The number of hydrogen-bond acceptors (Lipinski definition) is 7. The number of carbonyl (C=O) groups is 1. The van der Waals surface area contributed by atoms with Gasteiger partial charge in [0.05, 0.1) is 19.8 Å². The molecule has 3 aliphatic heterocycles. The molecule has 0 bridgehead atoms. The number of rotatable bonds is 3. The highest BCUT2D eigenvalue weighted by Gasteiger charge is 2.56. The Morgan fingerprint density at radius 3 is 2.60 bits per heavy atom. The normalized spacial score (nSPS) is 25.5. The molecular formula is C23H22O7.